The number of hydrogen-bond acceptors (Lipinski definition) is 5. The smallest absolute Gasteiger partial charge is 0.295 e. The van der Waals surface area contributed by atoms with E-state index in [1.165, 1.54) is 0 Å². The van der Waals surface area contributed by atoms with E-state index in [0.717, 1.165) is 24.0 Å². The molecule has 1 aliphatic rings. The van der Waals surface area contributed by atoms with Crippen LogP contribution in [0.15, 0.2) is 48.0 Å². The van der Waals surface area contributed by atoms with Crippen LogP contribution in [0.5, 0.6) is 11.5 Å². The molecule has 3 rings (SSSR count). The summed E-state index contributed by atoms with van der Waals surface area (Å²) in [4.78, 5) is 27.9. The lowest BCUT2D eigenvalue weighted by Crippen LogP contribution is -2.30. The summed E-state index contributed by atoms with van der Waals surface area (Å²) >= 11 is 0. The number of carbonyl (C=O) groups excluding carboxylic acids is 2. The van der Waals surface area contributed by atoms with Gasteiger partial charge in [0.2, 0.25) is 0 Å². The van der Waals surface area contributed by atoms with Crippen molar-refractivity contribution in [2.24, 2.45) is 0 Å². The van der Waals surface area contributed by atoms with Crippen LogP contribution < -0.4 is 9.47 Å². The van der Waals surface area contributed by atoms with Crippen molar-refractivity contribution in [3.8, 4) is 11.5 Å². The van der Waals surface area contributed by atoms with E-state index in [9.17, 15) is 14.7 Å². The van der Waals surface area contributed by atoms with Gasteiger partial charge in [-0.15, -0.1) is 0 Å². The molecule has 1 fully saturated rings. The van der Waals surface area contributed by atoms with Crippen LogP contribution in [0.25, 0.3) is 5.76 Å². The van der Waals surface area contributed by atoms with Crippen LogP contribution in [0, 0.1) is 0 Å². The quantitative estimate of drug-likeness (QED) is 0.285. The van der Waals surface area contributed by atoms with Crippen LogP contribution in [0.2, 0.25) is 0 Å². The Balaban J connectivity index is 2.16. The number of methoxy groups -OCH3 is 1. The number of rotatable bonds is 8. The maximum atomic E-state index is 13.2. The number of carbonyl (C=O) groups is 2. The zero-order chi connectivity index (χ0) is 25.9. The minimum absolute atomic E-state index is 0.0307. The van der Waals surface area contributed by atoms with Crippen LogP contribution in [0.1, 0.15) is 77.1 Å². The number of aliphatic hydroxyl groups is 1. The van der Waals surface area contributed by atoms with Crippen molar-refractivity contribution in [1.29, 1.82) is 0 Å². The molecule has 0 aliphatic carbocycles. The van der Waals surface area contributed by atoms with Gasteiger partial charge >= 0.3 is 0 Å². The number of benzene rings is 2. The number of hydrogen-bond donors (Lipinski definition) is 1. The molecular weight excluding hydrogens is 442 g/mol. The second kappa shape index (κ2) is 10.5. The molecule has 188 valence electrons. The average molecular weight is 480 g/mol. The second-order valence-corrected chi connectivity index (χ2v) is 10.2. The van der Waals surface area contributed by atoms with Gasteiger partial charge in [-0.2, -0.15) is 0 Å². The van der Waals surface area contributed by atoms with Crippen molar-refractivity contribution < 1.29 is 24.2 Å². The van der Waals surface area contributed by atoms with E-state index in [1.807, 2.05) is 51.1 Å². The van der Waals surface area contributed by atoms with Crippen molar-refractivity contribution in [2.75, 3.05) is 13.7 Å². The fourth-order valence-corrected chi connectivity index (χ4v) is 4.38. The molecule has 1 heterocycles. The van der Waals surface area contributed by atoms with Crippen molar-refractivity contribution in [3.63, 3.8) is 0 Å². The molecule has 0 bridgehead atoms. The largest absolute Gasteiger partial charge is 0.507 e. The first-order valence-electron chi connectivity index (χ1n) is 12.2. The zero-order valence-corrected chi connectivity index (χ0v) is 21.8. The molecule has 0 radical (unpaired) electrons. The Morgan fingerprint density at radius 2 is 1.74 bits per heavy atom. The highest BCUT2D eigenvalue weighted by Gasteiger charge is 2.45. The molecule has 6 nitrogen and oxygen atoms in total. The van der Waals surface area contributed by atoms with Crippen LogP contribution in [-0.4, -0.2) is 41.5 Å². The molecule has 6 heteroatoms. The van der Waals surface area contributed by atoms with E-state index in [0.29, 0.717) is 23.6 Å². The predicted octanol–water partition coefficient (Wildman–Crippen LogP) is 6.00. The normalized spacial score (nSPS) is 17.8. The van der Waals surface area contributed by atoms with Crippen molar-refractivity contribution in [2.45, 2.75) is 71.9 Å². The van der Waals surface area contributed by atoms with Crippen LogP contribution in [-0.2, 0) is 15.0 Å². The van der Waals surface area contributed by atoms with Gasteiger partial charge in [-0.05, 0) is 61.6 Å². The molecule has 1 atom stereocenters. The summed E-state index contributed by atoms with van der Waals surface area (Å²) in [5.74, 6) is -0.0201. The maximum Gasteiger partial charge on any atom is 0.295 e. The first-order valence-corrected chi connectivity index (χ1v) is 12.2. The molecule has 0 spiro atoms. The van der Waals surface area contributed by atoms with Gasteiger partial charge < -0.3 is 19.5 Å². The Morgan fingerprint density at radius 1 is 1.09 bits per heavy atom. The van der Waals surface area contributed by atoms with Gasteiger partial charge in [0, 0.05) is 17.7 Å². The number of likely N-dealkylation sites (tertiary alicyclic amines) is 1. The lowest BCUT2D eigenvalue weighted by atomic mass is 9.84. The summed E-state index contributed by atoms with van der Waals surface area (Å²) in [5.41, 5.74) is 1.99. The molecule has 1 aliphatic heterocycles. The predicted molar refractivity (Wildman–Crippen MR) is 138 cm³/mol. The minimum atomic E-state index is -0.671. The number of nitrogens with zero attached hydrogens (tertiary/aromatic N) is 1. The summed E-state index contributed by atoms with van der Waals surface area (Å²) in [6, 6.07) is 12.1. The fraction of sp³-hybridized carbons (Fsp3) is 0.448. The maximum absolute atomic E-state index is 13.2. The van der Waals surface area contributed by atoms with E-state index in [2.05, 4.69) is 20.8 Å². The highest BCUT2D eigenvalue weighted by atomic mass is 16.5. The first-order chi connectivity index (χ1) is 16.5. The highest BCUT2D eigenvalue weighted by Crippen LogP contribution is 2.41. The van der Waals surface area contributed by atoms with Crippen LogP contribution >= 0.6 is 0 Å². The van der Waals surface area contributed by atoms with Crippen LogP contribution in [0.4, 0.5) is 0 Å². The average Bonchev–Trinajstić information content (AvgIpc) is 3.06. The number of ether oxygens (including phenoxy) is 2. The molecular formula is C29H37NO5. The monoisotopic (exact) mass is 479 g/mol. The van der Waals surface area contributed by atoms with E-state index >= 15 is 0 Å². The van der Waals surface area contributed by atoms with E-state index < -0.39 is 17.7 Å². The Morgan fingerprint density at radius 3 is 2.29 bits per heavy atom. The lowest BCUT2D eigenvalue weighted by molar-refractivity contribution is -0.139. The first kappa shape index (κ1) is 26.3. The van der Waals surface area contributed by atoms with Gasteiger partial charge in [0.15, 0.2) is 0 Å². The number of amides is 1. The Labute approximate surface area is 208 Å². The standard InChI is InChI=1S/C29H37NO5/c1-8-9-16-30-25(19-10-13-21(14-11-19)35-18(2)3)24(27(32)28(30)33)26(31)20-12-15-23(34-7)22(17-20)29(4,5)6/h10-15,17-18,25,31H,8-9,16H2,1-7H3/b26-24-. The van der Waals surface area contributed by atoms with Gasteiger partial charge in [0.05, 0.1) is 24.8 Å². The summed E-state index contributed by atoms with van der Waals surface area (Å²) in [5, 5.41) is 11.4. The molecule has 1 saturated heterocycles. The molecule has 1 N–H and O–H groups in total. The number of unbranched alkanes of at least 4 members (excludes halogenated alkanes) is 1. The Hall–Kier alpha value is -3.28. The van der Waals surface area contributed by atoms with Gasteiger partial charge in [-0.1, -0.05) is 46.2 Å². The molecule has 1 unspecified atom stereocenters. The number of ketones is 1. The fourth-order valence-electron chi connectivity index (χ4n) is 4.38. The van der Waals surface area contributed by atoms with E-state index in [1.54, 1.807) is 24.1 Å². The summed E-state index contributed by atoms with van der Waals surface area (Å²) in [6.07, 6.45) is 1.67. The van der Waals surface area contributed by atoms with Crippen LogP contribution in [0.3, 0.4) is 0 Å². The minimum Gasteiger partial charge on any atom is -0.507 e. The van der Waals surface area contributed by atoms with Crippen molar-refractivity contribution in [3.05, 3.63) is 64.7 Å². The van der Waals surface area contributed by atoms with Gasteiger partial charge in [-0.25, -0.2) is 0 Å². The number of aliphatic hydroxyl groups excluding tert-OH is 1. The van der Waals surface area contributed by atoms with Crippen molar-refractivity contribution in [1.82, 2.24) is 4.90 Å². The summed E-state index contributed by atoms with van der Waals surface area (Å²) in [6.45, 7) is 12.5. The molecule has 0 aromatic heterocycles. The zero-order valence-electron chi connectivity index (χ0n) is 21.8. The van der Waals surface area contributed by atoms with E-state index in [4.69, 9.17) is 9.47 Å². The molecule has 1 amide bonds. The van der Waals surface area contributed by atoms with E-state index in [-0.39, 0.29) is 22.9 Å². The Kier molecular flexibility index (Phi) is 7.93. The Bertz CT molecular complexity index is 1110. The topological polar surface area (TPSA) is 76.1 Å². The third-order valence-electron chi connectivity index (χ3n) is 6.14. The molecule has 2 aromatic carbocycles. The third kappa shape index (κ3) is 5.53. The molecule has 2 aromatic rings. The lowest BCUT2D eigenvalue weighted by Gasteiger charge is -2.26. The second-order valence-electron chi connectivity index (χ2n) is 10.2. The third-order valence-corrected chi connectivity index (χ3v) is 6.14. The van der Waals surface area contributed by atoms with Gasteiger partial charge in [0.1, 0.15) is 17.3 Å². The molecule has 35 heavy (non-hydrogen) atoms. The molecule has 0 saturated carbocycles. The number of Topliss-reactive ketones (excluding diaryl/α,β-unsaturated/α-hetero) is 1. The summed E-state index contributed by atoms with van der Waals surface area (Å²) in [7, 11) is 1.61. The summed E-state index contributed by atoms with van der Waals surface area (Å²) < 4.78 is 11.3. The van der Waals surface area contributed by atoms with Gasteiger partial charge in [0.25, 0.3) is 11.7 Å². The SMILES string of the molecule is CCCCN1C(=O)C(=O)/C(=C(\O)c2ccc(OC)c(C(C)(C)C)c2)C1c1ccc(OC(C)C)cc1. The highest BCUT2D eigenvalue weighted by molar-refractivity contribution is 6.46. The van der Waals surface area contributed by atoms with Gasteiger partial charge in [-0.3, -0.25) is 9.59 Å². The van der Waals surface area contributed by atoms with Crippen molar-refractivity contribution >= 4 is 17.4 Å².